The first kappa shape index (κ1) is 17.1. The van der Waals surface area contributed by atoms with Crippen molar-refractivity contribution in [1.29, 1.82) is 0 Å². The van der Waals surface area contributed by atoms with E-state index in [-0.39, 0.29) is 5.73 Å². The highest BCUT2D eigenvalue weighted by molar-refractivity contribution is 6.53. The van der Waals surface area contributed by atoms with Crippen molar-refractivity contribution in [2.24, 2.45) is 0 Å². The first-order valence-corrected chi connectivity index (χ1v) is 8.41. The molecule has 2 atom stereocenters. The van der Waals surface area contributed by atoms with E-state index >= 15 is 0 Å². The van der Waals surface area contributed by atoms with Gasteiger partial charge in [0.2, 0.25) is 9.04 Å². The molecule has 2 unspecified atom stereocenters. The van der Waals surface area contributed by atoms with Crippen molar-refractivity contribution >= 4 is 9.04 Å². The zero-order chi connectivity index (χ0) is 13.3. The maximum absolute atomic E-state index is 6.01. The quantitative estimate of drug-likeness (QED) is 0.449. The minimum atomic E-state index is -1.49. The molecule has 0 spiro atoms. The Morgan fingerprint density at radius 2 is 1.71 bits per heavy atom. The van der Waals surface area contributed by atoms with Gasteiger partial charge in [0.1, 0.15) is 0 Å². The SMILES string of the molecule is CCCOC(CC)[SiH](CC)OC(C)(OC)OC. The fourth-order valence-corrected chi connectivity index (χ4v) is 4.10. The maximum atomic E-state index is 6.01. The fraction of sp³-hybridized carbons (Fsp3) is 1.00. The average molecular weight is 264 g/mol. The summed E-state index contributed by atoms with van der Waals surface area (Å²) in [5.41, 5.74) is 0.226. The van der Waals surface area contributed by atoms with Gasteiger partial charge in [0.15, 0.2) is 0 Å². The summed E-state index contributed by atoms with van der Waals surface area (Å²) in [7, 11) is 1.70. The summed E-state index contributed by atoms with van der Waals surface area (Å²) in [6.07, 6.45) is 2.02. The largest absolute Gasteiger partial charge is 0.379 e. The third kappa shape index (κ3) is 5.97. The molecule has 0 N–H and O–H groups in total. The minimum absolute atomic E-state index is 0.226. The van der Waals surface area contributed by atoms with Crippen molar-refractivity contribution in [3.63, 3.8) is 0 Å². The standard InChI is InChI=1S/C12H28O4Si/c1-7-10-15-11(8-2)17(9-3)16-12(4,13-5)14-6/h11,17H,7-10H2,1-6H3. The summed E-state index contributed by atoms with van der Waals surface area (Å²) in [5.74, 6) is -0.935. The predicted octanol–water partition coefficient (Wildman–Crippen LogP) is 2.46. The van der Waals surface area contributed by atoms with E-state index in [0.29, 0.717) is 0 Å². The van der Waals surface area contributed by atoms with E-state index in [1.54, 1.807) is 21.1 Å². The van der Waals surface area contributed by atoms with Crippen LogP contribution in [0, 0.1) is 0 Å². The molecule has 104 valence electrons. The molecule has 17 heavy (non-hydrogen) atoms. The lowest BCUT2D eigenvalue weighted by molar-refractivity contribution is -0.314. The topological polar surface area (TPSA) is 36.9 Å². The monoisotopic (exact) mass is 264 g/mol. The van der Waals surface area contributed by atoms with Crippen molar-refractivity contribution in [3.05, 3.63) is 0 Å². The molecule has 0 aromatic heterocycles. The van der Waals surface area contributed by atoms with Crippen LogP contribution in [0.5, 0.6) is 0 Å². The zero-order valence-corrected chi connectivity index (χ0v) is 13.3. The van der Waals surface area contributed by atoms with Crippen molar-refractivity contribution in [1.82, 2.24) is 0 Å². The molecule has 0 fully saturated rings. The molecule has 0 heterocycles. The molecular formula is C12H28O4Si. The average Bonchev–Trinajstić information content (AvgIpc) is 2.37. The molecule has 0 aliphatic carbocycles. The maximum Gasteiger partial charge on any atom is 0.269 e. The molecule has 0 saturated heterocycles. The second kappa shape index (κ2) is 9.05. The number of ether oxygens (including phenoxy) is 3. The minimum Gasteiger partial charge on any atom is -0.379 e. The van der Waals surface area contributed by atoms with E-state index in [0.717, 1.165) is 25.5 Å². The first-order valence-electron chi connectivity index (χ1n) is 6.46. The molecule has 0 rings (SSSR count). The highest BCUT2D eigenvalue weighted by Gasteiger charge is 2.32. The van der Waals surface area contributed by atoms with Crippen LogP contribution in [0.2, 0.25) is 6.04 Å². The molecule has 0 aromatic carbocycles. The van der Waals surface area contributed by atoms with Gasteiger partial charge >= 0.3 is 0 Å². The van der Waals surface area contributed by atoms with Crippen LogP contribution >= 0.6 is 0 Å². The molecular weight excluding hydrogens is 236 g/mol. The fourth-order valence-electron chi connectivity index (χ4n) is 1.63. The van der Waals surface area contributed by atoms with Gasteiger partial charge in [-0.05, 0) is 18.9 Å². The third-order valence-electron chi connectivity index (χ3n) is 2.86. The highest BCUT2D eigenvalue weighted by atomic mass is 28.3. The van der Waals surface area contributed by atoms with Gasteiger partial charge in [-0.25, -0.2) is 0 Å². The Morgan fingerprint density at radius 1 is 1.12 bits per heavy atom. The van der Waals surface area contributed by atoms with Gasteiger partial charge in [-0.1, -0.05) is 20.8 Å². The van der Waals surface area contributed by atoms with Crippen molar-refractivity contribution in [2.45, 2.75) is 58.3 Å². The smallest absolute Gasteiger partial charge is 0.269 e. The Hall–Kier alpha value is 0.0569. The molecule has 0 bridgehead atoms. The van der Waals surface area contributed by atoms with Crippen molar-refractivity contribution in [3.8, 4) is 0 Å². The van der Waals surface area contributed by atoms with Gasteiger partial charge in [-0.15, -0.1) is 0 Å². The Kier molecular flexibility index (Phi) is 9.08. The van der Waals surface area contributed by atoms with Gasteiger partial charge in [-0.2, -0.15) is 0 Å². The number of methoxy groups -OCH3 is 2. The van der Waals surface area contributed by atoms with E-state index in [1.165, 1.54) is 0 Å². The zero-order valence-electron chi connectivity index (χ0n) is 12.1. The lowest BCUT2D eigenvalue weighted by atomic mass is 10.5. The number of rotatable bonds is 10. The second-order valence-corrected chi connectivity index (χ2v) is 7.03. The molecule has 4 nitrogen and oxygen atoms in total. The Bertz CT molecular complexity index is 185. The molecule has 5 heteroatoms. The van der Waals surface area contributed by atoms with E-state index < -0.39 is 15.0 Å². The Balaban J connectivity index is 4.46. The van der Waals surface area contributed by atoms with Gasteiger partial charge in [0, 0.05) is 27.8 Å². The van der Waals surface area contributed by atoms with Crippen LogP contribution in [-0.2, 0) is 18.6 Å². The van der Waals surface area contributed by atoms with E-state index in [1.807, 2.05) is 0 Å². The lowest BCUT2D eigenvalue weighted by Gasteiger charge is -2.33. The number of hydrogen-bond donors (Lipinski definition) is 0. The van der Waals surface area contributed by atoms with Crippen LogP contribution in [0.3, 0.4) is 0 Å². The van der Waals surface area contributed by atoms with E-state index in [4.69, 9.17) is 18.6 Å². The van der Waals surface area contributed by atoms with Gasteiger partial charge in [0.05, 0.1) is 5.73 Å². The summed E-state index contributed by atoms with van der Waals surface area (Å²) in [4.78, 5) is 0. The highest BCUT2D eigenvalue weighted by Crippen LogP contribution is 2.19. The third-order valence-corrected chi connectivity index (χ3v) is 5.89. The van der Waals surface area contributed by atoms with Crippen LogP contribution in [0.15, 0.2) is 0 Å². The van der Waals surface area contributed by atoms with Gasteiger partial charge in [-0.3, -0.25) is 0 Å². The summed E-state index contributed by atoms with van der Waals surface area (Å²) in [6.45, 7) is 8.98. The first-order chi connectivity index (χ1) is 8.06. The summed E-state index contributed by atoms with van der Waals surface area (Å²) >= 11 is 0. The van der Waals surface area contributed by atoms with Crippen LogP contribution < -0.4 is 0 Å². The molecule has 0 amide bonds. The van der Waals surface area contributed by atoms with Gasteiger partial charge in [0.25, 0.3) is 5.97 Å². The van der Waals surface area contributed by atoms with Crippen LogP contribution in [0.4, 0.5) is 0 Å². The molecule has 0 aromatic rings. The summed E-state index contributed by atoms with van der Waals surface area (Å²) in [6, 6.07) is 1.00. The summed E-state index contributed by atoms with van der Waals surface area (Å²) < 4.78 is 22.4. The van der Waals surface area contributed by atoms with Gasteiger partial charge < -0.3 is 18.6 Å². The van der Waals surface area contributed by atoms with Crippen LogP contribution in [0.1, 0.15) is 40.5 Å². The van der Waals surface area contributed by atoms with E-state index in [9.17, 15) is 0 Å². The molecule has 0 radical (unpaired) electrons. The van der Waals surface area contributed by atoms with Crippen LogP contribution in [-0.4, -0.2) is 41.6 Å². The number of hydrogen-bond acceptors (Lipinski definition) is 4. The van der Waals surface area contributed by atoms with Crippen LogP contribution in [0.25, 0.3) is 0 Å². The second-order valence-electron chi connectivity index (χ2n) is 4.15. The molecule has 0 aliphatic rings. The van der Waals surface area contributed by atoms with Crippen molar-refractivity contribution < 1.29 is 18.6 Å². The Morgan fingerprint density at radius 3 is 2.06 bits per heavy atom. The van der Waals surface area contributed by atoms with Crippen molar-refractivity contribution in [2.75, 3.05) is 20.8 Å². The normalized spacial score (nSPS) is 15.9. The van der Waals surface area contributed by atoms with E-state index in [2.05, 4.69) is 20.8 Å². The lowest BCUT2D eigenvalue weighted by Crippen LogP contribution is -2.45. The Labute approximate surface area is 107 Å². The predicted molar refractivity (Wildman–Crippen MR) is 71.5 cm³/mol. The molecule has 0 aliphatic heterocycles. The molecule has 0 saturated carbocycles. The summed E-state index contributed by atoms with van der Waals surface area (Å²) in [5, 5.41) is 0.